The van der Waals surface area contributed by atoms with Gasteiger partial charge >= 0.3 is 6.03 Å². The van der Waals surface area contributed by atoms with Gasteiger partial charge in [-0.05, 0) is 47.1 Å². The zero-order valence-corrected chi connectivity index (χ0v) is 29.8. The molecule has 3 amide bonds. The van der Waals surface area contributed by atoms with Crippen molar-refractivity contribution in [3.63, 3.8) is 0 Å². The number of aliphatic hydroxyl groups excluding tert-OH is 1. The Balaban J connectivity index is 1.59. The molecule has 0 unspecified atom stereocenters. The number of hydrogen-bond donors (Lipinski definition) is 3. The maximum Gasteiger partial charge on any atom is 0.321 e. The van der Waals surface area contributed by atoms with E-state index in [0.717, 1.165) is 11.1 Å². The zero-order chi connectivity index (χ0) is 36.4. The van der Waals surface area contributed by atoms with E-state index < -0.39 is 34.1 Å². The lowest BCUT2D eigenvalue weighted by atomic mass is 9.95. The first kappa shape index (κ1) is 38.3. The van der Waals surface area contributed by atoms with Crippen LogP contribution in [0.25, 0.3) is 0 Å². The van der Waals surface area contributed by atoms with Gasteiger partial charge in [-0.25, -0.2) is 13.2 Å². The van der Waals surface area contributed by atoms with E-state index in [0.29, 0.717) is 29.8 Å². The summed E-state index contributed by atoms with van der Waals surface area (Å²) in [5.41, 5.74) is 2.14. The summed E-state index contributed by atoms with van der Waals surface area (Å²) in [5, 5.41) is 38.1. The van der Waals surface area contributed by atoms with Crippen molar-refractivity contribution in [1.82, 2.24) is 19.4 Å². The Labute approximate surface area is 294 Å². The summed E-state index contributed by atoms with van der Waals surface area (Å²) in [7, 11) is -4.07. The minimum Gasteiger partial charge on any atom is -0.619 e. The average Bonchev–Trinajstić information content (AvgIpc) is 3.44. The van der Waals surface area contributed by atoms with E-state index in [-0.39, 0.29) is 48.8 Å². The Morgan fingerprint density at radius 1 is 1.02 bits per heavy atom. The van der Waals surface area contributed by atoms with E-state index in [1.807, 2.05) is 58.0 Å². The SMILES string of the molecule is CC[C@H](C)[C@@H](C(=O)N[C@@H](Cc1ccccc1)[C@H](O)CN(CC(C)C)S(=O)(=O)c1ccc(C=NO)cc1)N1CCN(Cc2cc[n+]([O-])cc2)C1=O. The minimum absolute atomic E-state index is 0.0146. The second-order valence-corrected chi connectivity index (χ2v) is 15.1. The molecule has 3 N–H and O–H groups in total. The minimum atomic E-state index is -4.07. The first-order valence-corrected chi connectivity index (χ1v) is 18.3. The highest BCUT2D eigenvalue weighted by Crippen LogP contribution is 2.24. The first-order valence-electron chi connectivity index (χ1n) is 16.9. The van der Waals surface area contributed by atoms with Gasteiger partial charge < -0.3 is 30.6 Å². The molecule has 50 heavy (non-hydrogen) atoms. The van der Waals surface area contributed by atoms with Gasteiger partial charge in [0.1, 0.15) is 6.04 Å². The number of aliphatic hydroxyl groups is 1. The van der Waals surface area contributed by atoms with Crippen LogP contribution in [0.2, 0.25) is 0 Å². The molecule has 0 bridgehead atoms. The highest BCUT2D eigenvalue weighted by molar-refractivity contribution is 7.89. The van der Waals surface area contributed by atoms with Gasteiger partial charge in [0.05, 0.1) is 23.3 Å². The first-order chi connectivity index (χ1) is 23.8. The Bertz CT molecular complexity index is 1690. The monoisotopic (exact) mass is 708 g/mol. The van der Waals surface area contributed by atoms with Gasteiger partial charge in [-0.15, -0.1) is 0 Å². The summed E-state index contributed by atoms with van der Waals surface area (Å²) in [6.45, 7) is 8.45. The molecule has 2 aromatic carbocycles. The third-order valence-electron chi connectivity index (χ3n) is 8.93. The number of benzene rings is 2. The predicted octanol–water partition coefficient (Wildman–Crippen LogP) is 3.22. The Hall–Kier alpha value is -4.53. The van der Waals surface area contributed by atoms with Crippen molar-refractivity contribution < 1.29 is 33.1 Å². The van der Waals surface area contributed by atoms with Gasteiger partial charge in [-0.1, -0.05) is 81.7 Å². The van der Waals surface area contributed by atoms with E-state index in [2.05, 4.69) is 10.5 Å². The van der Waals surface area contributed by atoms with Crippen molar-refractivity contribution in [2.24, 2.45) is 17.0 Å². The molecule has 1 aliphatic heterocycles. The second-order valence-electron chi connectivity index (χ2n) is 13.2. The predicted molar refractivity (Wildman–Crippen MR) is 189 cm³/mol. The molecule has 3 aromatic rings. The van der Waals surface area contributed by atoms with Gasteiger partial charge in [-0.2, -0.15) is 9.04 Å². The number of nitrogens with one attached hydrogen (secondary N) is 1. The molecule has 4 atom stereocenters. The van der Waals surface area contributed by atoms with Crippen molar-refractivity contribution in [2.45, 2.75) is 70.2 Å². The number of carbonyl (C=O) groups is 2. The zero-order valence-electron chi connectivity index (χ0n) is 29.0. The molecular formula is C36H48N6O7S. The van der Waals surface area contributed by atoms with Gasteiger partial charge in [0.2, 0.25) is 15.9 Å². The molecule has 13 nitrogen and oxygen atoms in total. The van der Waals surface area contributed by atoms with E-state index in [1.54, 1.807) is 21.9 Å². The largest absolute Gasteiger partial charge is 0.619 e. The number of carbonyl (C=O) groups excluding carboxylic acids is 2. The Kier molecular flexibility index (Phi) is 13.3. The van der Waals surface area contributed by atoms with Gasteiger partial charge in [-0.3, -0.25) is 4.79 Å². The molecule has 1 aromatic heterocycles. The molecule has 1 fully saturated rings. The molecule has 0 radical (unpaired) electrons. The molecule has 14 heteroatoms. The third-order valence-corrected chi connectivity index (χ3v) is 10.8. The number of urea groups is 1. The van der Waals surface area contributed by atoms with E-state index >= 15 is 0 Å². The lowest BCUT2D eigenvalue weighted by molar-refractivity contribution is -0.605. The molecule has 0 spiro atoms. The average molecular weight is 709 g/mol. The summed E-state index contributed by atoms with van der Waals surface area (Å²) >= 11 is 0. The topological polar surface area (TPSA) is 170 Å². The second kappa shape index (κ2) is 17.4. The molecule has 0 saturated carbocycles. The Morgan fingerprint density at radius 3 is 2.28 bits per heavy atom. The van der Waals surface area contributed by atoms with Crippen LogP contribution in [0.15, 0.2) is 89.2 Å². The number of oxime groups is 1. The van der Waals surface area contributed by atoms with Gasteiger partial charge in [0.25, 0.3) is 0 Å². The van der Waals surface area contributed by atoms with Crippen LogP contribution in [0.1, 0.15) is 50.8 Å². The molecule has 1 saturated heterocycles. The quantitative estimate of drug-likeness (QED) is 0.0636. The standard InChI is InChI=1S/C36H48N6O7S/c1-5-27(4)34(42-20-19-39(36(42)45)24-30-15-17-40(47)18-16-30)35(44)38-32(21-28-9-7-6-8-10-28)33(43)25-41(23-26(2)3)50(48,49)31-13-11-29(12-14-31)22-37-46/h6-18,22,26-27,32-34,43,46H,5,19-21,23-25H2,1-4H3,(H,38,44)/t27-,32-,33+,34-/m0/s1. The summed E-state index contributed by atoms with van der Waals surface area (Å²) in [6.07, 6.45) is 3.46. The smallest absolute Gasteiger partial charge is 0.321 e. The highest BCUT2D eigenvalue weighted by atomic mass is 32.2. The number of hydrogen-bond acceptors (Lipinski definition) is 8. The van der Waals surface area contributed by atoms with Crippen molar-refractivity contribution in [1.29, 1.82) is 0 Å². The lowest BCUT2D eigenvalue weighted by Gasteiger charge is -2.35. The van der Waals surface area contributed by atoms with Crippen LogP contribution < -0.4 is 10.0 Å². The van der Waals surface area contributed by atoms with Crippen LogP contribution in [0.5, 0.6) is 0 Å². The van der Waals surface area contributed by atoms with Crippen molar-refractivity contribution in [3.8, 4) is 0 Å². The van der Waals surface area contributed by atoms with Crippen LogP contribution in [0.3, 0.4) is 0 Å². The molecular weight excluding hydrogens is 660 g/mol. The van der Waals surface area contributed by atoms with Gasteiger partial charge in [0, 0.05) is 44.9 Å². The van der Waals surface area contributed by atoms with Crippen LogP contribution >= 0.6 is 0 Å². The van der Waals surface area contributed by atoms with E-state index in [9.17, 15) is 28.3 Å². The molecule has 2 heterocycles. The normalized spacial score (nSPS) is 16.3. The fourth-order valence-electron chi connectivity index (χ4n) is 6.08. The summed E-state index contributed by atoms with van der Waals surface area (Å²) < 4.78 is 29.7. The third kappa shape index (κ3) is 9.79. The van der Waals surface area contributed by atoms with E-state index in [4.69, 9.17) is 5.21 Å². The van der Waals surface area contributed by atoms with Crippen molar-refractivity contribution >= 4 is 28.2 Å². The van der Waals surface area contributed by atoms with E-state index in [1.165, 1.54) is 47.2 Å². The number of rotatable bonds is 17. The number of pyridine rings is 1. The highest BCUT2D eigenvalue weighted by Gasteiger charge is 2.41. The number of nitrogens with zero attached hydrogens (tertiary/aromatic N) is 5. The summed E-state index contributed by atoms with van der Waals surface area (Å²) in [4.78, 5) is 31.1. The maximum absolute atomic E-state index is 14.2. The maximum atomic E-state index is 14.2. The molecule has 4 rings (SSSR count). The molecule has 0 aliphatic carbocycles. The fraction of sp³-hybridized carbons (Fsp3) is 0.444. The fourth-order valence-corrected chi connectivity index (χ4v) is 7.70. The summed E-state index contributed by atoms with van der Waals surface area (Å²) in [5.74, 6) is -0.724. The van der Waals surface area contributed by atoms with Crippen LogP contribution in [-0.2, 0) is 27.8 Å². The van der Waals surface area contributed by atoms with Crippen LogP contribution in [-0.4, -0.2) is 95.4 Å². The summed E-state index contributed by atoms with van der Waals surface area (Å²) in [6, 6.07) is 16.5. The lowest BCUT2D eigenvalue weighted by Crippen LogP contribution is -2.57. The van der Waals surface area contributed by atoms with Crippen LogP contribution in [0.4, 0.5) is 4.79 Å². The Morgan fingerprint density at radius 2 is 1.68 bits per heavy atom. The van der Waals surface area contributed by atoms with Crippen molar-refractivity contribution in [2.75, 3.05) is 26.2 Å². The number of aromatic nitrogens is 1. The van der Waals surface area contributed by atoms with Gasteiger partial charge in [0.15, 0.2) is 12.4 Å². The molecule has 270 valence electrons. The molecule has 1 aliphatic rings. The number of amides is 3. The van der Waals surface area contributed by atoms with Crippen LogP contribution in [0, 0.1) is 17.0 Å². The van der Waals surface area contributed by atoms with Crippen molar-refractivity contribution in [3.05, 3.63) is 101 Å². The number of sulfonamides is 1.